The fourth-order valence-corrected chi connectivity index (χ4v) is 4.78. The molecule has 1 N–H and O–H groups in total. The Labute approximate surface area is 171 Å². The number of hydrogen-bond acceptors (Lipinski definition) is 5. The Morgan fingerprint density at radius 1 is 1.18 bits per heavy atom. The van der Waals surface area contributed by atoms with Crippen LogP contribution in [-0.4, -0.2) is 46.0 Å². The van der Waals surface area contributed by atoms with Gasteiger partial charge in [0.2, 0.25) is 15.9 Å². The van der Waals surface area contributed by atoms with Crippen molar-refractivity contribution in [3.05, 3.63) is 54.6 Å². The highest BCUT2D eigenvalue weighted by molar-refractivity contribution is 7.99. The maximum atomic E-state index is 12.7. The van der Waals surface area contributed by atoms with E-state index in [1.165, 1.54) is 7.11 Å². The van der Waals surface area contributed by atoms with Gasteiger partial charge < -0.3 is 10.1 Å². The minimum absolute atomic E-state index is 0.315. The maximum absolute atomic E-state index is 12.7. The largest absolute Gasteiger partial charge is 0.497 e. The number of ether oxygens (including phenoxy) is 1. The molecule has 8 heteroatoms. The smallest absolute Gasteiger partial charge is 0.243 e. The van der Waals surface area contributed by atoms with Gasteiger partial charge in [0.05, 0.1) is 19.1 Å². The molecule has 28 heavy (non-hydrogen) atoms. The average molecular weight is 423 g/mol. The molecule has 2 aromatic rings. The Morgan fingerprint density at radius 2 is 1.89 bits per heavy atom. The second-order valence-electron chi connectivity index (χ2n) is 6.14. The SMILES string of the molecule is CC[C@@H](C(=O)NCCSc1ccccc1)N(c1cccc(OC)c1)S(C)(=O)=O. The van der Waals surface area contributed by atoms with Gasteiger partial charge in [-0.05, 0) is 30.7 Å². The predicted molar refractivity (Wildman–Crippen MR) is 115 cm³/mol. The lowest BCUT2D eigenvalue weighted by molar-refractivity contribution is -0.122. The third kappa shape index (κ3) is 6.17. The molecule has 0 saturated carbocycles. The third-order valence-electron chi connectivity index (χ3n) is 4.05. The lowest BCUT2D eigenvalue weighted by atomic mass is 10.2. The zero-order valence-electron chi connectivity index (χ0n) is 16.3. The number of nitrogens with one attached hydrogen (secondary N) is 1. The minimum Gasteiger partial charge on any atom is -0.497 e. The molecule has 0 aliphatic heterocycles. The Bertz CT molecular complexity index is 873. The van der Waals surface area contributed by atoms with Crippen molar-refractivity contribution < 1.29 is 17.9 Å². The number of anilines is 1. The van der Waals surface area contributed by atoms with E-state index in [2.05, 4.69) is 5.32 Å². The summed E-state index contributed by atoms with van der Waals surface area (Å²) >= 11 is 1.63. The number of carbonyl (C=O) groups excluding carboxylic acids is 1. The van der Waals surface area contributed by atoms with E-state index >= 15 is 0 Å². The molecule has 1 amide bonds. The van der Waals surface area contributed by atoms with Crippen LogP contribution in [0.5, 0.6) is 5.75 Å². The first-order chi connectivity index (χ1) is 13.4. The van der Waals surface area contributed by atoms with E-state index in [0.717, 1.165) is 15.5 Å². The molecule has 2 aromatic carbocycles. The number of sulfonamides is 1. The fourth-order valence-electron chi connectivity index (χ4n) is 2.79. The van der Waals surface area contributed by atoms with E-state index in [9.17, 15) is 13.2 Å². The van der Waals surface area contributed by atoms with Crippen molar-refractivity contribution in [3.63, 3.8) is 0 Å². The summed E-state index contributed by atoms with van der Waals surface area (Å²) in [7, 11) is -2.15. The van der Waals surface area contributed by atoms with E-state index in [-0.39, 0.29) is 5.91 Å². The zero-order chi connectivity index (χ0) is 20.6. The normalized spacial score (nSPS) is 12.2. The summed E-state index contributed by atoms with van der Waals surface area (Å²) in [6.07, 6.45) is 1.45. The van der Waals surface area contributed by atoms with E-state index in [4.69, 9.17) is 4.74 Å². The van der Waals surface area contributed by atoms with E-state index < -0.39 is 16.1 Å². The number of hydrogen-bond donors (Lipinski definition) is 1. The summed E-state index contributed by atoms with van der Waals surface area (Å²) in [6.45, 7) is 2.24. The molecule has 0 bridgehead atoms. The van der Waals surface area contributed by atoms with Gasteiger partial charge in [-0.25, -0.2) is 8.42 Å². The molecule has 0 saturated heterocycles. The number of rotatable bonds is 10. The van der Waals surface area contributed by atoms with Gasteiger partial charge in [-0.15, -0.1) is 11.8 Å². The number of amides is 1. The Balaban J connectivity index is 2.08. The van der Waals surface area contributed by atoms with Gasteiger partial charge in [0, 0.05) is 23.3 Å². The quantitative estimate of drug-likeness (QED) is 0.470. The lowest BCUT2D eigenvalue weighted by Crippen LogP contribution is -2.49. The van der Waals surface area contributed by atoms with E-state index in [1.807, 2.05) is 30.3 Å². The van der Waals surface area contributed by atoms with Crippen molar-refractivity contribution in [1.82, 2.24) is 5.32 Å². The zero-order valence-corrected chi connectivity index (χ0v) is 17.9. The molecule has 0 aromatic heterocycles. The summed E-state index contributed by atoms with van der Waals surface area (Å²) in [5, 5.41) is 2.86. The molecular formula is C20H26N2O4S2. The third-order valence-corrected chi connectivity index (χ3v) is 6.24. The number of benzene rings is 2. The van der Waals surface area contributed by atoms with Crippen molar-refractivity contribution in [2.24, 2.45) is 0 Å². The van der Waals surface area contributed by atoms with Crippen LogP contribution in [0.15, 0.2) is 59.5 Å². The second kappa shape index (κ2) is 10.4. The Hall–Kier alpha value is -2.19. The van der Waals surface area contributed by atoms with Crippen molar-refractivity contribution in [2.45, 2.75) is 24.3 Å². The van der Waals surface area contributed by atoms with Crippen molar-refractivity contribution in [2.75, 3.05) is 30.0 Å². The van der Waals surface area contributed by atoms with Crippen LogP contribution < -0.4 is 14.4 Å². The highest BCUT2D eigenvalue weighted by atomic mass is 32.2. The molecule has 0 unspecified atom stereocenters. The van der Waals surface area contributed by atoms with Crippen LogP contribution in [0, 0.1) is 0 Å². The standard InChI is InChI=1S/C20H26N2O4S2/c1-4-19(20(23)21-13-14-27-18-11-6-5-7-12-18)22(28(3,24)25)16-9-8-10-17(15-16)26-2/h5-12,15,19H,4,13-14H2,1-3H3,(H,21,23)/t19-/m0/s1. The van der Waals surface area contributed by atoms with Crippen molar-refractivity contribution in [1.29, 1.82) is 0 Å². The van der Waals surface area contributed by atoms with Crippen LogP contribution in [0.1, 0.15) is 13.3 Å². The van der Waals surface area contributed by atoms with Crippen LogP contribution in [0.3, 0.4) is 0 Å². The molecule has 1 atom stereocenters. The van der Waals surface area contributed by atoms with Crippen LogP contribution >= 0.6 is 11.8 Å². The highest BCUT2D eigenvalue weighted by Gasteiger charge is 2.31. The van der Waals surface area contributed by atoms with Gasteiger partial charge in [0.1, 0.15) is 11.8 Å². The number of thioether (sulfide) groups is 1. The summed E-state index contributed by atoms with van der Waals surface area (Å²) in [5.41, 5.74) is 0.405. The molecule has 0 spiro atoms. The summed E-state index contributed by atoms with van der Waals surface area (Å²) < 4.78 is 31.3. The molecule has 0 aliphatic rings. The monoisotopic (exact) mass is 422 g/mol. The van der Waals surface area contributed by atoms with Crippen LogP contribution in [0.4, 0.5) is 5.69 Å². The Morgan fingerprint density at radius 3 is 2.50 bits per heavy atom. The van der Waals surface area contributed by atoms with Crippen LogP contribution in [-0.2, 0) is 14.8 Å². The van der Waals surface area contributed by atoms with E-state index in [0.29, 0.717) is 30.2 Å². The molecule has 0 heterocycles. The van der Waals surface area contributed by atoms with Crippen LogP contribution in [0.2, 0.25) is 0 Å². The maximum Gasteiger partial charge on any atom is 0.243 e. The molecule has 0 aliphatic carbocycles. The molecule has 0 fully saturated rings. The number of methoxy groups -OCH3 is 1. The minimum atomic E-state index is -3.66. The molecular weight excluding hydrogens is 396 g/mol. The number of carbonyl (C=O) groups is 1. The van der Waals surface area contributed by atoms with Gasteiger partial charge in [-0.2, -0.15) is 0 Å². The van der Waals surface area contributed by atoms with Gasteiger partial charge >= 0.3 is 0 Å². The molecule has 6 nitrogen and oxygen atoms in total. The first-order valence-electron chi connectivity index (χ1n) is 8.95. The van der Waals surface area contributed by atoms with E-state index in [1.54, 1.807) is 43.0 Å². The summed E-state index contributed by atoms with van der Waals surface area (Å²) in [6, 6.07) is 15.8. The average Bonchev–Trinajstić information content (AvgIpc) is 2.69. The summed E-state index contributed by atoms with van der Waals surface area (Å²) in [5.74, 6) is 0.912. The van der Waals surface area contributed by atoms with Gasteiger partial charge in [0.25, 0.3) is 0 Å². The lowest BCUT2D eigenvalue weighted by Gasteiger charge is -2.30. The van der Waals surface area contributed by atoms with Gasteiger partial charge in [-0.3, -0.25) is 9.10 Å². The van der Waals surface area contributed by atoms with Gasteiger partial charge in [-0.1, -0.05) is 31.2 Å². The molecule has 152 valence electrons. The first kappa shape index (κ1) is 22.1. The highest BCUT2D eigenvalue weighted by Crippen LogP contribution is 2.26. The van der Waals surface area contributed by atoms with Crippen molar-refractivity contribution in [3.8, 4) is 5.75 Å². The first-order valence-corrected chi connectivity index (χ1v) is 11.8. The van der Waals surface area contributed by atoms with Gasteiger partial charge in [0.15, 0.2) is 0 Å². The predicted octanol–water partition coefficient (Wildman–Crippen LogP) is 3.15. The molecule has 2 rings (SSSR count). The molecule has 0 radical (unpaired) electrons. The summed E-state index contributed by atoms with van der Waals surface area (Å²) in [4.78, 5) is 13.9. The second-order valence-corrected chi connectivity index (χ2v) is 9.16. The number of nitrogens with zero attached hydrogens (tertiary/aromatic N) is 1. The topological polar surface area (TPSA) is 75.7 Å². The van der Waals surface area contributed by atoms with Crippen LogP contribution in [0.25, 0.3) is 0 Å². The van der Waals surface area contributed by atoms with Crippen molar-refractivity contribution >= 4 is 33.4 Å². The fraction of sp³-hybridized carbons (Fsp3) is 0.350. The Kier molecular flexibility index (Phi) is 8.19.